The summed E-state index contributed by atoms with van der Waals surface area (Å²) in [6.45, 7) is 6.68. The van der Waals surface area contributed by atoms with E-state index in [1.165, 1.54) is 0 Å². The molecule has 2 aromatic carbocycles. The summed E-state index contributed by atoms with van der Waals surface area (Å²) in [5, 5.41) is 24.0. The fraction of sp³-hybridized carbons (Fsp3) is 0.500. The van der Waals surface area contributed by atoms with Crippen LogP contribution in [0.25, 0.3) is 0 Å². The second kappa shape index (κ2) is 10.1. The molecule has 2 aromatic rings. The van der Waals surface area contributed by atoms with Crippen molar-refractivity contribution < 1.29 is 24.5 Å². The van der Waals surface area contributed by atoms with Crippen LogP contribution in [0, 0.1) is 5.92 Å². The molecular formula is C26H32ClNO5S. The van der Waals surface area contributed by atoms with Crippen LogP contribution in [0.1, 0.15) is 49.5 Å². The molecular weight excluding hydrogens is 474 g/mol. The van der Waals surface area contributed by atoms with Gasteiger partial charge in [-0.2, -0.15) is 0 Å². The van der Waals surface area contributed by atoms with Crippen molar-refractivity contribution in [1.82, 2.24) is 5.32 Å². The highest BCUT2D eigenvalue weighted by atomic mass is 35.5. The van der Waals surface area contributed by atoms with E-state index >= 15 is 0 Å². The standard InChI is InChI=1S/C26H32ClNO5S/c1-14(17-6-5-7-18-21-22(25(30)31)24(21)33-23(17)18)32-13-16(29)12-28-26(2,3)11-15-8-9-20(34-4)19(27)10-15/h5-10,14,16,21-22,24,28-29H,11-13H2,1-4H3,(H,30,31)/t14-,16?,21+,22+,24+/m1/s1. The first-order valence-electron chi connectivity index (χ1n) is 11.5. The van der Waals surface area contributed by atoms with Crippen LogP contribution in [0.4, 0.5) is 0 Å². The van der Waals surface area contributed by atoms with Crippen molar-refractivity contribution in [3.8, 4) is 5.75 Å². The number of para-hydroxylation sites is 1. The normalized spacial score (nSPS) is 22.5. The van der Waals surface area contributed by atoms with Crippen LogP contribution < -0.4 is 10.1 Å². The topological polar surface area (TPSA) is 88.0 Å². The summed E-state index contributed by atoms with van der Waals surface area (Å²) in [5.74, 6) is -0.588. The van der Waals surface area contributed by atoms with Gasteiger partial charge in [0.1, 0.15) is 17.8 Å². The van der Waals surface area contributed by atoms with Crippen LogP contribution in [0.3, 0.4) is 0 Å². The molecule has 1 aliphatic carbocycles. The zero-order valence-corrected chi connectivity index (χ0v) is 21.4. The second-order valence-corrected chi connectivity index (χ2v) is 11.0. The fourth-order valence-corrected chi connectivity index (χ4v) is 5.61. The Kier molecular flexibility index (Phi) is 7.50. The van der Waals surface area contributed by atoms with E-state index in [-0.39, 0.29) is 30.3 Å². The lowest BCUT2D eigenvalue weighted by Crippen LogP contribution is -2.46. The molecule has 6 nitrogen and oxygen atoms in total. The van der Waals surface area contributed by atoms with Crippen LogP contribution in [0.2, 0.25) is 5.02 Å². The number of aliphatic hydroxyl groups is 1. The number of halogens is 1. The number of rotatable bonds is 11. The average molecular weight is 506 g/mol. The van der Waals surface area contributed by atoms with Crippen molar-refractivity contribution in [2.45, 2.75) is 61.9 Å². The zero-order chi connectivity index (χ0) is 24.6. The number of aliphatic carboxylic acids is 1. The highest BCUT2D eigenvalue weighted by Crippen LogP contribution is 2.59. The lowest BCUT2D eigenvalue weighted by atomic mass is 9.94. The molecule has 3 N–H and O–H groups in total. The molecule has 1 saturated carbocycles. The molecule has 1 unspecified atom stereocenters. The molecule has 2 aliphatic rings. The minimum atomic E-state index is -0.811. The van der Waals surface area contributed by atoms with Crippen LogP contribution in [-0.2, 0) is 16.0 Å². The summed E-state index contributed by atoms with van der Waals surface area (Å²) in [5.41, 5.74) is 2.74. The number of carboxylic acid groups (broad SMARTS) is 1. The molecule has 34 heavy (non-hydrogen) atoms. The summed E-state index contributed by atoms with van der Waals surface area (Å²) >= 11 is 7.97. The molecule has 0 bridgehead atoms. The van der Waals surface area contributed by atoms with E-state index in [4.69, 9.17) is 21.1 Å². The molecule has 0 radical (unpaired) electrons. The molecule has 4 rings (SSSR count). The Bertz CT molecular complexity index is 1060. The van der Waals surface area contributed by atoms with Gasteiger partial charge in [0.25, 0.3) is 0 Å². The van der Waals surface area contributed by atoms with Gasteiger partial charge >= 0.3 is 5.97 Å². The number of carboxylic acids is 1. The minimum Gasteiger partial charge on any atom is -0.488 e. The van der Waals surface area contributed by atoms with Gasteiger partial charge in [-0.25, -0.2) is 0 Å². The number of benzene rings is 2. The van der Waals surface area contributed by atoms with Gasteiger partial charge in [-0.1, -0.05) is 35.9 Å². The first-order valence-corrected chi connectivity index (χ1v) is 13.1. The van der Waals surface area contributed by atoms with Crippen LogP contribution in [-0.4, -0.2) is 53.3 Å². The van der Waals surface area contributed by atoms with Gasteiger partial charge in [-0.05, 0) is 51.1 Å². The molecule has 0 spiro atoms. The minimum absolute atomic E-state index is 0.0662. The summed E-state index contributed by atoms with van der Waals surface area (Å²) in [7, 11) is 0. The quantitative estimate of drug-likeness (QED) is 0.382. The maximum atomic E-state index is 11.3. The van der Waals surface area contributed by atoms with Gasteiger partial charge in [-0.3, -0.25) is 4.79 Å². The van der Waals surface area contributed by atoms with Gasteiger partial charge in [0.15, 0.2) is 0 Å². The summed E-state index contributed by atoms with van der Waals surface area (Å²) in [6, 6.07) is 11.9. The lowest BCUT2D eigenvalue weighted by molar-refractivity contribution is -0.139. The maximum Gasteiger partial charge on any atom is 0.311 e. The Morgan fingerprint density at radius 1 is 1.32 bits per heavy atom. The third kappa shape index (κ3) is 5.39. The van der Waals surface area contributed by atoms with Gasteiger partial charge in [0, 0.05) is 34.0 Å². The number of aliphatic hydroxyl groups excluding tert-OH is 1. The molecule has 1 aliphatic heterocycles. The Morgan fingerprint density at radius 2 is 2.09 bits per heavy atom. The Morgan fingerprint density at radius 3 is 2.76 bits per heavy atom. The van der Waals surface area contributed by atoms with E-state index in [2.05, 4.69) is 25.2 Å². The second-order valence-electron chi connectivity index (χ2n) is 9.78. The van der Waals surface area contributed by atoms with Crippen molar-refractivity contribution in [1.29, 1.82) is 0 Å². The SMILES string of the molecule is CSc1ccc(CC(C)(C)NCC(O)CO[C@H](C)c2cccc3c2O[C@@H]2[C@@H](C(=O)O)[C@H]32)cc1Cl. The van der Waals surface area contributed by atoms with Crippen molar-refractivity contribution in [2.24, 2.45) is 5.92 Å². The van der Waals surface area contributed by atoms with Crippen molar-refractivity contribution >= 4 is 29.3 Å². The number of hydrogen-bond acceptors (Lipinski definition) is 6. The fourth-order valence-electron chi connectivity index (χ4n) is 4.71. The Balaban J connectivity index is 1.27. The third-order valence-corrected chi connectivity index (χ3v) is 7.80. The highest BCUT2D eigenvalue weighted by molar-refractivity contribution is 7.98. The molecule has 1 fully saturated rings. The predicted molar refractivity (Wildman–Crippen MR) is 134 cm³/mol. The summed E-state index contributed by atoms with van der Waals surface area (Å²) in [4.78, 5) is 12.4. The maximum absolute atomic E-state index is 11.3. The van der Waals surface area contributed by atoms with Gasteiger partial charge in [0.2, 0.25) is 0 Å². The smallest absolute Gasteiger partial charge is 0.311 e. The Labute approximate surface area is 210 Å². The molecule has 8 heteroatoms. The molecule has 0 amide bonds. The van der Waals surface area contributed by atoms with E-state index in [1.54, 1.807) is 11.8 Å². The predicted octanol–water partition coefficient (Wildman–Crippen LogP) is 4.67. The highest BCUT2D eigenvalue weighted by Gasteiger charge is 2.63. The van der Waals surface area contributed by atoms with Crippen LogP contribution in [0.5, 0.6) is 5.75 Å². The van der Waals surface area contributed by atoms with E-state index in [0.29, 0.717) is 6.54 Å². The van der Waals surface area contributed by atoms with E-state index in [0.717, 1.165) is 38.8 Å². The van der Waals surface area contributed by atoms with E-state index < -0.39 is 18.0 Å². The van der Waals surface area contributed by atoms with E-state index in [1.807, 2.05) is 43.5 Å². The zero-order valence-electron chi connectivity index (χ0n) is 19.9. The number of hydrogen-bond donors (Lipinski definition) is 3. The number of ether oxygens (including phenoxy) is 2. The van der Waals surface area contributed by atoms with Gasteiger partial charge in [-0.15, -0.1) is 11.8 Å². The number of carbonyl (C=O) groups is 1. The van der Waals surface area contributed by atoms with Crippen LogP contribution in [0.15, 0.2) is 41.3 Å². The number of β-amino-alcohol motifs (C(OH)–C–C–N with tert-alkyl or cyclic N) is 1. The summed E-state index contributed by atoms with van der Waals surface area (Å²) < 4.78 is 11.9. The third-order valence-electron chi connectivity index (χ3n) is 6.58. The molecule has 0 aromatic heterocycles. The monoisotopic (exact) mass is 505 g/mol. The summed E-state index contributed by atoms with van der Waals surface area (Å²) in [6.07, 6.45) is 1.55. The number of nitrogens with one attached hydrogen (secondary N) is 1. The van der Waals surface area contributed by atoms with Gasteiger partial charge < -0.3 is 25.0 Å². The molecule has 1 heterocycles. The number of thioether (sulfide) groups is 1. The Hall–Kier alpha value is -1.77. The van der Waals surface area contributed by atoms with Crippen molar-refractivity contribution in [3.63, 3.8) is 0 Å². The first kappa shape index (κ1) is 25.3. The van der Waals surface area contributed by atoms with Gasteiger partial charge in [0.05, 0.1) is 23.8 Å². The average Bonchev–Trinajstić information content (AvgIpc) is 3.38. The van der Waals surface area contributed by atoms with Crippen molar-refractivity contribution in [2.75, 3.05) is 19.4 Å². The molecule has 0 saturated heterocycles. The lowest BCUT2D eigenvalue weighted by Gasteiger charge is -2.28. The number of fused-ring (bicyclic) bond motifs is 3. The molecule has 5 atom stereocenters. The molecule has 184 valence electrons. The van der Waals surface area contributed by atoms with Crippen molar-refractivity contribution in [3.05, 3.63) is 58.1 Å². The van der Waals surface area contributed by atoms with Crippen LogP contribution >= 0.6 is 23.4 Å². The first-order chi connectivity index (χ1) is 16.1. The van der Waals surface area contributed by atoms with E-state index in [9.17, 15) is 15.0 Å². The largest absolute Gasteiger partial charge is 0.488 e.